The normalized spacial score (nSPS) is 20.6. The number of ether oxygens (including phenoxy) is 2. The Balaban J connectivity index is 2.18. The molecule has 0 aliphatic heterocycles. The van der Waals surface area contributed by atoms with E-state index in [4.69, 9.17) is 10.00 Å². The number of halogens is 4. The lowest BCUT2D eigenvalue weighted by Crippen LogP contribution is -2.15. The van der Waals surface area contributed by atoms with E-state index >= 15 is 0 Å². The van der Waals surface area contributed by atoms with Crippen LogP contribution in [-0.2, 0) is 27.5 Å². The van der Waals surface area contributed by atoms with Crippen molar-refractivity contribution in [1.29, 1.82) is 5.26 Å². The molecule has 1 aliphatic rings. The summed E-state index contributed by atoms with van der Waals surface area (Å²) in [5.74, 6) is -8.04. The summed E-state index contributed by atoms with van der Waals surface area (Å²) in [7, 11) is 1.13. The van der Waals surface area contributed by atoms with Gasteiger partial charge in [0.05, 0.1) is 29.7 Å². The van der Waals surface area contributed by atoms with Crippen molar-refractivity contribution >= 4 is 5.97 Å². The molecule has 0 spiro atoms. The van der Waals surface area contributed by atoms with Crippen LogP contribution in [0, 0.1) is 51.9 Å². The van der Waals surface area contributed by atoms with Gasteiger partial charge in [-0.2, -0.15) is 5.26 Å². The highest BCUT2D eigenvalue weighted by Crippen LogP contribution is 2.60. The molecule has 1 saturated carbocycles. The Morgan fingerprint density at radius 2 is 1.61 bits per heavy atom. The fraction of sp³-hybridized carbons (Fsp3) is 0.500. The molecule has 4 nitrogen and oxygen atoms in total. The molecular formula is C20H21F4NO3. The summed E-state index contributed by atoms with van der Waals surface area (Å²) in [5.41, 5.74) is -1.85. The average Bonchev–Trinajstić information content (AvgIpc) is 3.21. The second-order valence-corrected chi connectivity index (χ2v) is 7.24. The minimum atomic E-state index is -1.62. The number of nitriles is 1. The maximum absolute atomic E-state index is 14.1. The zero-order valence-corrected chi connectivity index (χ0v) is 16.0. The first kappa shape index (κ1) is 21.9. The van der Waals surface area contributed by atoms with Gasteiger partial charge in [0, 0.05) is 12.7 Å². The lowest BCUT2D eigenvalue weighted by molar-refractivity contribution is -0.147. The number of esters is 1. The highest BCUT2D eigenvalue weighted by Gasteiger charge is 2.61. The first-order valence-electron chi connectivity index (χ1n) is 8.71. The van der Waals surface area contributed by atoms with E-state index in [-0.39, 0.29) is 5.92 Å². The van der Waals surface area contributed by atoms with E-state index in [2.05, 4.69) is 4.74 Å². The molecule has 2 unspecified atom stereocenters. The van der Waals surface area contributed by atoms with Crippen molar-refractivity contribution < 1.29 is 31.8 Å². The monoisotopic (exact) mass is 399 g/mol. The Morgan fingerprint density at radius 1 is 1.11 bits per heavy atom. The van der Waals surface area contributed by atoms with E-state index in [0.29, 0.717) is 12.0 Å². The van der Waals surface area contributed by atoms with E-state index in [9.17, 15) is 22.4 Å². The van der Waals surface area contributed by atoms with Crippen LogP contribution in [0.1, 0.15) is 38.3 Å². The zero-order chi connectivity index (χ0) is 21.2. The molecule has 1 aromatic rings. The van der Waals surface area contributed by atoms with Gasteiger partial charge in [0.2, 0.25) is 0 Å². The Labute approximate surface area is 160 Å². The lowest BCUT2D eigenvalue weighted by Gasteiger charge is -2.12. The van der Waals surface area contributed by atoms with Crippen molar-refractivity contribution in [2.45, 2.75) is 40.4 Å². The maximum Gasteiger partial charge on any atom is 0.310 e. The molecule has 152 valence electrons. The summed E-state index contributed by atoms with van der Waals surface area (Å²) < 4.78 is 65.6. The molecule has 1 aliphatic carbocycles. The van der Waals surface area contributed by atoms with E-state index in [0.717, 1.165) is 7.11 Å². The number of hydrogen-bond donors (Lipinski definition) is 0. The van der Waals surface area contributed by atoms with E-state index in [1.807, 2.05) is 6.07 Å². The molecule has 0 heterocycles. The van der Waals surface area contributed by atoms with Crippen LogP contribution in [0.25, 0.3) is 0 Å². The van der Waals surface area contributed by atoms with E-state index in [1.54, 1.807) is 26.8 Å². The summed E-state index contributed by atoms with van der Waals surface area (Å²) in [5, 5.41) is 9.03. The van der Waals surface area contributed by atoms with E-state index < -0.39 is 64.9 Å². The molecule has 0 radical (unpaired) electrons. The average molecular weight is 399 g/mol. The number of benzene rings is 1. The van der Waals surface area contributed by atoms with Crippen LogP contribution in [-0.4, -0.2) is 13.1 Å². The number of allylic oxidation sites excluding steroid dienone is 2. The Bertz CT molecular complexity index is 829. The fourth-order valence-corrected chi connectivity index (χ4v) is 3.24. The summed E-state index contributed by atoms with van der Waals surface area (Å²) >= 11 is 0. The Hall–Kier alpha value is -2.40. The minimum Gasteiger partial charge on any atom is -0.460 e. The molecule has 0 bridgehead atoms. The van der Waals surface area contributed by atoms with Gasteiger partial charge >= 0.3 is 5.97 Å². The first-order valence-corrected chi connectivity index (χ1v) is 8.71. The minimum absolute atomic E-state index is 0.262. The van der Waals surface area contributed by atoms with Gasteiger partial charge in [-0.25, -0.2) is 17.6 Å². The number of hydrogen-bond acceptors (Lipinski definition) is 4. The molecule has 2 atom stereocenters. The summed E-state index contributed by atoms with van der Waals surface area (Å²) in [6, 6.07) is 2.04. The standard InChI is InChI=1S/C20H21F4NO3/c1-5-10(7-25)6-13-14(20(13,2)3)19(26)28-9-12-17(23)15(21)11(8-27-4)16(22)18(12)24/h6,13-14H,5,8-9H2,1-4H3/b10-6-. The molecular weight excluding hydrogens is 378 g/mol. The molecule has 8 heteroatoms. The van der Waals surface area contributed by atoms with E-state index in [1.165, 1.54) is 0 Å². The molecule has 1 aromatic carbocycles. The van der Waals surface area contributed by atoms with Gasteiger partial charge in [-0.05, 0) is 17.8 Å². The maximum atomic E-state index is 14.1. The van der Waals surface area contributed by atoms with Crippen LogP contribution < -0.4 is 0 Å². The summed E-state index contributed by atoms with van der Waals surface area (Å²) in [4.78, 5) is 12.3. The molecule has 0 N–H and O–H groups in total. The van der Waals surface area contributed by atoms with Crippen molar-refractivity contribution in [3.05, 3.63) is 46.0 Å². The van der Waals surface area contributed by atoms with Crippen molar-refractivity contribution in [3.8, 4) is 6.07 Å². The largest absolute Gasteiger partial charge is 0.460 e. The van der Waals surface area contributed by atoms with Gasteiger partial charge in [-0.1, -0.05) is 26.8 Å². The van der Waals surface area contributed by atoms with Gasteiger partial charge in [-0.3, -0.25) is 4.79 Å². The molecule has 0 saturated heterocycles. The topological polar surface area (TPSA) is 59.3 Å². The highest BCUT2D eigenvalue weighted by molar-refractivity contribution is 5.78. The predicted octanol–water partition coefficient (Wildman–Crippen LogP) is 4.56. The third-order valence-corrected chi connectivity index (χ3v) is 5.16. The van der Waals surface area contributed by atoms with Crippen LogP contribution in [0.5, 0.6) is 0 Å². The van der Waals surface area contributed by atoms with Crippen molar-refractivity contribution in [1.82, 2.24) is 0 Å². The van der Waals surface area contributed by atoms with Crippen molar-refractivity contribution in [2.24, 2.45) is 17.3 Å². The van der Waals surface area contributed by atoms with Gasteiger partial charge in [-0.15, -0.1) is 0 Å². The second kappa shape index (κ2) is 8.31. The molecule has 0 amide bonds. The van der Waals surface area contributed by atoms with Crippen LogP contribution in [0.3, 0.4) is 0 Å². The third kappa shape index (κ3) is 3.90. The number of rotatable bonds is 7. The molecule has 1 fully saturated rings. The SMILES string of the molecule is CC/C(C#N)=C/C1C(C(=O)OCc2c(F)c(F)c(COC)c(F)c2F)C1(C)C. The predicted molar refractivity (Wildman–Crippen MR) is 91.5 cm³/mol. The quantitative estimate of drug-likeness (QED) is 0.292. The van der Waals surface area contributed by atoms with Crippen molar-refractivity contribution in [2.75, 3.05) is 7.11 Å². The zero-order valence-electron chi connectivity index (χ0n) is 16.0. The fourth-order valence-electron chi connectivity index (χ4n) is 3.24. The number of carbonyl (C=O) groups excluding carboxylic acids is 1. The van der Waals surface area contributed by atoms with Crippen LogP contribution in [0.4, 0.5) is 17.6 Å². The molecule has 28 heavy (non-hydrogen) atoms. The third-order valence-electron chi connectivity index (χ3n) is 5.16. The van der Waals surface area contributed by atoms with Gasteiger partial charge in [0.15, 0.2) is 23.3 Å². The Kier molecular flexibility index (Phi) is 6.50. The van der Waals surface area contributed by atoms with Crippen LogP contribution in [0.2, 0.25) is 0 Å². The van der Waals surface area contributed by atoms with Gasteiger partial charge < -0.3 is 9.47 Å². The number of nitrogens with zero attached hydrogens (tertiary/aromatic N) is 1. The first-order chi connectivity index (χ1) is 13.1. The second-order valence-electron chi connectivity index (χ2n) is 7.24. The van der Waals surface area contributed by atoms with Crippen LogP contribution in [0.15, 0.2) is 11.6 Å². The molecule has 2 rings (SSSR count). The van der Waals surface area contributed by atoms with Crippen molar-refractivity contribution in [3.63, 3.8) is 0 Å². The molecule has 0 aromatic heterocycles. The van der Waals surface area contributed by atoms with Gasteiger partial charge in [0.25, 0.3) is 0 Å². The number of methoxy groups -OCH3 is 1. The highest BCUT2D eigenvalue weighted by atomic mass is 19.2. The lowest BCUT2D eigenvalue weighted by atomic mass is 10.1. The van der Waals surface area contributed by atoms with Gasteiger partial charge in [0.1, 0.15) is 6.61 Å². The Morgan fingerprint density at radius 3 is 2.04 bits per heavy atom. The summed E-state index contributed by atoms with van der Waals surface area (Å²) in [6.07, 6.45) is 2.19. The number of carbonyl (C=O) groups is 1. The smallest absolute Gasteiger partial charge is 0.310 e. The summed E-state index contributed by atoms with van der Waals surface area (Å²) in [6.45, 7) is 3.81. The van der Waals surface area contributed by atoms with Crippen LogP contribution >= 0.6 is 0 Å².